The van der Waals surface area contributed by atoms with Crippen LogP contribution in [-0.2, 0) is 6.54 Å². The van der Waals surface area contributed by atoms with Crippen LogP contribution in [0.4, 0.5) is 0 Å². The van der Waals surface area contributed by atoms with Crippen LogP contribution < -0.4 is 0 Å². The van der Waals surface area contributed by atoms with Gasteiger partial charge in [0, 0.05) is 29.7 Å². The average Bonchev–Trinajstić information content (AvgIpc) is 3.65. The molecule has 0 amide bonds. The van der Waals surface area contributed by atoms with Gasteiger partial charge in [0.25, 0.3) is 0 Å². The number of benzene rings is 1. The molecule has 5 heterocycles. The molecule has 0 aliphatic carbocycles. The lowest BCUT2D eigenvalue weighted by atomic mass is 10.0. The lowest BCUT2D eigenvalue weighted by Crippen LogP contribution is -2.01. The maximum Gasteiger partial charge on any atom is 0.208 e. The zero-order valence-corrected chi connectivity index (χ0v) is 18.8. The summed E-state index contributed by atoms with van der Waals surface area (Å²) in [5, 5.41) is 10.9. The second-order valence-corrected chi connectivity index (χ2v) is 8.71. The van der Waals surface area contributed by atoms with Crippen molar-refractivity contribution in [3.05, 3.63) is 113 Å². The Hall–Kier alpha value is -4.43. The molecular weight excluding hydrogens is 444 g/mol. The third kappa shape index (κ3) is 3.70. The van der Waals surface area contributed by atoms with Gasteiger partial charge in [-0.15, -0.1) is 11.3 Å². The van der Waals surface area contributed by atoms with Gasteiger partial charge < -0.3 is 0 Å². The summed E-state index contributed by atoms with van der Waals surface area (Å²) in [6.45, 7) is 0.611. The van der Waals surface area contributed by atoms with Crippen LogP contribution in [0, 0.1) is 0 Å². The van der Waals surface area contributed by atoms with Crippen LogP contribution in [-0.4, -0.2) is 35.1 Å². The van der Waals surface area contributed by atoms with Crippen molar-refractivity contribution in [3.63, 3.8) is 0 Å². The summed E-state index contributed by atoms with van der Waals surface area (Å²) >= 11 is 1.41. The van der Waals surface area contributed by atoms with Crippen LogP contribution in [0.25, 0.3) is 28.0 Å². The molecular formula is C26H18N6OS. The first kappa shape index (κ1) is 20.2. The van der Waals surface area contributed by atoms with E-state index in [0.29, 0.717) is 22.6 Å². The highest BCUT2D eigenvalue weighted by molar-refractivity contribution is 7.12. The first-order valence-electron chi connectivity index (χ1n) is 10.7. The van der Waals surface area contributed by atoms with Crippen LogP contribution in [0.5, 0.6) is 0 Å². The SMILES string of the molecule is O=C(c1cccs1)c1cnn2c(-c3cccc(-c4cnn(Cc5ccccn5)c4)c3)ccnc12. The monoisotopic (exact) mass is 462 g/mol. The molecule has 0 spiro atoms. The quantitative estimate of drug-likeness (QED) is 0.326. The van der Waals surface area contributed by atoms with Crippen molar-refractivity contribution in [2.75, 3.05) is 0 Å². The average molecular weight is 463 g/mol. The van der Waals surface area contributed by atoms with E-state index in [9.17, 15) is 4.79 Å². The molecule has 8 heteroatoms. The van der Waals surface area contributed by atoms with Gasteiger partial charge in [-0.25, -0.2) is 9.50 Å². The number of hydrogen-bond acceptors (Lipinski definition) is 6. The number of aromatic nitrogens is 6. The summed E-state index contributed by atoms with van der Waals surface area (Å²) < 4.78 is 3.61. The Kier molecular flexibility index (Phi) is 5.04. The standard InChI is InChI=1S/C26H18N6OS/c33-25(24-8-4-12-34-24)22-15-30-32-23(9-11-28-26(22)32)19-6-3-5-18(13-19)20-14-29-31(16-20)17-21-7-1-2-10-27-21/h1-16H,17H2. The van der Waals surface area contributed by atoms with Crippen molar-refractivity contribution in [2.45, 2.75) is 6.54 Å². The van der Waals surface area contributed by atoms with E-state index < -0.39 is 0 Å². The Balaban J connectivity index is 1.34. The van der Waals surface area contributed by atoms with Crippen LogP contribution in [0.2, 0.25) is 0 Å². The predicted octanol–water partition coefficient (Wildman–Crippen LogP) is 5.00. The molecule has 0 saturated heterocycles. The van der Waals surface area contributed by atoms with Crippen molar-refractivity contribution in [1.29, 1.82) is 0 Å². The summed E-state index contributed by atoms with van der Waals surface area (Å²) in [6, 6.07) is 19.6. The Morgan fingerprint density at radius 1 is 0.853 bits per heavy atom. The van der Waals surface area contributed by atoms with Gasteiger partial charge in [-0.1, -0.05) is 30.3 Å². The minimum Gasteiger partial charge on any atom is -0.287 e. The van der Waals surface area contributed by atoms with Gasteiger partial charge in [0.05, 0.1) is 40.8 Å². The Morgan fingerprint density at radius 2 is 1.79 bits per heavy atom. The zero-order chi connectivity index (χ0) is 22.9. The molecule has 0 aliphatic rings. The van der Waals surface area contributed by atoms with Gasteiger partial charge >= 0.3 is 0 Å². The fraction of sp³-hybridized carbons (Fsp3) is 0.0385. The van der Waals surface area contributed by atoms with Gasteiger partial charge in [-0.3, -0.25) is 14.5 Å². The maximum absolute atomic E-state index is 12.9. The molecule has 0 radical (unpaired) electrons. The molecule has 1 aromatic carbocycles. The van der Waals surface area contributed by atoms with Crippen molar-refractivity contribution in [2.24, 2.45) is 0 Å². The number of carbonyl (C=O) groups excluding carboxylic acids is 1. The number of ketones is 1. The van der Waals surface area contributed by atoms with E-state index in [0.717, 1.165) is 28.1 Å². The van der Waals surface area contributed by atoms with Crippen molar-refractivity contribution in [3.8, 4) is 22.4 Å². The normalized spacial score (nSPS) is 11.2. The predicted molar refractivity (Wildman–Crippen MR) is 131 cm³/mol. The minimum absolute atomic E-state index is 0.0660. The molecule has 5 aromatic heterocycles. The summed E-state index contributed by atoms with van der Waals surface area (Å²) in [7, 11) is 0. The number of fused-ring (bicyclic) bond motifs is 1. The number of rotatable bonds is 6. The molecule has 0 saturated carbocycles. The van der Waals surface area contributed by atoms with Crippen LogP contribution in [0.1, 0.15) is 20.9 Å². The Labute approximate surface area is 199 Å². The number of hydrogen-bond donors (Lipinski definition) is 0. The van der Waals surface area contributed by atoms with E-state index >= 15 is 0 Å². The van der Waals surface area contributed by atoms with E-state index in [2.05, 4.69) is 32.3 Å². The molecule has 0 bridgehead atoms. The third-order valence-electron chi connectivity index (χ3n) is 5.57. The van der Waals surface area contributed by atoms with Crippen LogP contribution in [0.15, 0.2) is 97.0 Å². The van der Waals surface area contributed by atoms with Crippen molar-refractivity contribution in [1.82, 2.24) is 29.4 Å². The molecule has 164 valence electrons. The van der Waals surface area contributed by atoms with E-state index in [4.69, 9.17) is 0 Å². The molecule has 6 rings (SSSR count). The van der Waals surface area contributed by atoms with Gasteiger partial charge in [-0.05, 0) is 41.3 Å². The number of pyridine rings is 1. The van der Waals surface area contributed by atoms with E-state index in [1.54, 1.807) is 23.1 Å². The zero-order valence-electron chi connectivity index (χ0n) is 17.9. The number of thiophene rings is 1. The lowest BCUT2D eigenvalue weighted by molar-refractivity contribution is 0.104. The third-order valence-corrected chi connectivity index (χ3v) is 6.43. The summed E-state index contributed by atoms with van der Waals surface area (Å²) in [6.07, 6.45) is 8.97. The highest BCUT2D eigenvalue weighted by Gasteiger charge is 2.18. The topological polar surface area (TPSA) is 78.0 Å². The number of carbonyl (C=O) groups is 1. The summed E-state index contributed by atoms with van der Waals surface area (Å²) in [5.74, 6) is -0.0660. The fourth-order valence-corrected chi connectivity index (χ4v) is 4.60. The van der Waals surface area contributed by atoms with Crippen LogP contribution >= 0.6 is 11.3 Å². The maximum atomic E-state index is 12.9. The lowest BCUT2D eigenvalue weighted by Gasteiger charge is -2.07. The van der Waals surface area contributed by atoms with Crippen molar-refractivity contribution >= 4 is 22.8 Å². The molecule has 7 nitrogen and oxygen atoms in total. The molecule has 0 atom stereocenters. The first-order chi connectivity index (χ1) is 16.8. The summed E-state index contributed by atoms with van der Waals surface area (Å²) in [4.78, 5) is 22.4. The smallest absolute Gasteiger partial charge is 0.208 e. The fourth-order valence-electron chi connectivity index (χ4n) is 3.93. The summed E-state index contributed by atoms with van der Waals surface area (Å²) in [5.41, 5.74) is 5.88. The van der Waals surface area contributed by atoms with E-state index in [1.807, 2.05) is 71.0 Å². The molecule has 0 aliphatic heterocycles. The highest BCUT2D eigenvalue weighted by atomic mass is 32.1. The first-order valence-corrected chi connectivity index (χ1v) is 11.6. The Bertz CT molecular complexity index is 1600. The molecule has 0 fully saturated rings. The van der Waals surface area contributed by atoms with Gasteiger partial charge in [0.2, 0.25) is 5.78 Å². The second kappa shape index (κ2) is 8.49. The minimum atomic E-state index is -0.0660. The van der Waals surface area contributed by atoms with E-state index in [-0.39, 0.29) is 5.78 Å². The highest BCUT2D eigenvalue weighted by Crippen LogP contribution is 2.27. The molecule has 0 N–H and O–H groups in total. The van der Waals surface area contributed by atoms with Gasteiger partial charge in [-0.2, -0.15) is 10.2 Å². The largest absolute Gasteiger partial charge is 0.287 e. The Morgan fingerprint density at radius 3 is 2.65 bits per heavy atom. The number of nitrogens with zero attached hydrogens (tertiary/aromatic N) is 6. The second-order valence-electron chi connectivity index (χ2n) is 7.76. The van der Waals surface area contributed by atoms with Crippen molar-refractivity contribution < 1.29 is 4.79 Å². The molecule has 6 aromatic rings. The van der Waals surface area contributed by atoms with Gasteiger partial charge in [0.1, 0.15) is 0 Å². The van der Waals surface area contributed by atoms with Gasteiger partial charge in [0.15, 0.2) is 5.65 Å². The molecule has 0 unspecified atom stereocenters. The van der Waals surface area contributed by atoms with E-state index in [1.165, 1.54) is 11.3 Å². The molecule has 34 heavy (non-hydrogen) atoms. The van der Waals surface area contributed by atoms with Crippen LogP contribution in [0.3, 0.4) is 0 Å².